The van der Waals surface area contributed by atoms with Gasteiger partial charge in [-0.2, -0.15) is 0 Å². The number of likely N-dealkylation sites (tertiary alicyclic amines) is 1. The van der Waals surface area contributed by atoms with Gasteiger partial charge in [-0.3, -0.25) is 10.7 Å². The molecule has 3 N–H and O–H groups in total. The van der Waals surface area contributed by atoms with Crippen LogP contribution < -0.4 is 10.8 Å². The van der Waals surface area contributed by atoms with Crippen LogP contribution in [0.4, 0.5) is 11.4 Å². The van der Waals surface area contributed by atoms with Crippen LogP contribution in [0.3, 0.4) is 0 Å². The van der Waals surface area contributed by atoms with Gasteiger partial charge in [0, 0.05) is 38.4 Å². The Morgan fingerprint density at radius 2 is 1.61 bits per heavy atom. The highest BCUT2D eigenvalue weighted by Gasteiger charge is 2.26. The molecule has 3 rings (SSSR count). The van der Waals surface area contributed by atoms with Crippen LogP contribution in [0.1, 0.15) is 25.7 Å². The molecule has 23 heavy (non-hydrogen) atoms. The predicted octanol–water partition coefficient (Wildman–Crippen LogP) is 3.85. The summed E-state index contributed by atoms with van der Waals surface area (Å²) in [6.45, 7) is 3.95. The van der Waals surface area contributed by atoms with Crippen molar-refractivity contribution < 1.29 is 9.94 Å². The minimum Gasteiger partial charge on any atom is -0.381 e. The van der Waals surface area contributed by atoms with Crippen LogP contribution in [0.25, 0.3) is 0 Å². The molecule has 0 amide bonds. The van der Waals surface area contributed by atoms with Gasteiger partial charge in [-0.15, -0.1) is 0 Å². The molecule has 0 aliphatic carbocycles. The van der Waals surface area contributed by atoms with Crippen molar-refractivity contribution in [3.63, 3.8) is 0 Å². The maximum Gasteiger partial charge on any atom is 0.0849 e. The van der Waals surface area contributed by atoms with E-state index < -0.39 is 0 Å². The topological polar surface area (TPSA) is 56.8 Å². The van der Waals surface area contributed by atoms with Gasteiger partial charge in [-0.05, 0) is 37.8 Å². The zero-order valence-electron chi connectivity index (χ0n) is 13.0. The summed E-state index contributed by atoms with van der Waals surface area (Å²) in [4.78, 5) is 2.58. The van der Waals surface area contributed by atoms with Crippen molar-refractivity contribution in [3.05, 3.63) is 22.2 Å². The molecule has 1 aromatic carbocycles. The van der Waals surface area contributed by atoms with Crippen molar-refractivity contribution in [2.24, 2.45) is 0 Å². The molecule has 0 unspecified atom stereocenters. The first-order valence-electron chi connectivity index (χ1n) is 8.15. The number of rotatable bonds is 4. The number of anilines is 2. The van der Waals surface area contributed by atoms with Crippen LogP contribution >= 0.6 is 23.2 Å². The van der Waals surface area contributed by atoms with Gasteiger partial charge in [-0.1, -0.05) is 23.2 Å². The SMILES string of the molecule is ONc1cc(Cl)c(Cl)cc1NC1CCN(C2CCOCC2)CC1. The summed E-state index contributed by atoms with van der Waals surface area (Å²) in [6, 6.07) is 4.43. The molecule has 2 saturated heterocycles. The average Bonchev–Trinajstić information content (AvgIpc) is 2.59. The third-order valence-corrected chi connectivity index (χ3v) is 5.50. The molecule has 2 fully saturated rings. The molecule has 0 spiro atoms. The van der Waals surface area contributed by atoms with Crippen molar-refractivity contribution in [1.82, 2.24) is 4.90 Å². The van der Waals surface area contributed by atoms with E-state index in [2.05, 4.69) is 15.7 Å². The molecule has 7 heteroatoms. The average molecular weight is 360 g/mol. The number of ether oxygens (including phenoxy) is 1. The molecule has 2 aliphatic heterocycles. The molecule has 0 bridgehead atoms. The van der Waals surface area contributed by atoms with E-state index in [4.69, 9.17) is 27.9 Å². The maximum absolute atomic E-state index is 9.26. The van der Waals surface area contributed by atoms with Gasteiger partial charge in [-0.25, -0.2) is 0 Å². The number of piperidine rings is 1. The lowest BCUT2D eigenvalue weighted by molar-refractivity contribution is 0.0262. The van der Waals surface area contributed by atoms with Crippen LogP contribution in [0.2, 0.25) is 10.0 Å². The number of hydrogen-bond acceptors (Lipinski definition) is 5. The first-order chi connectivity index (χ1) is 11.2. The minimum absolute atomic E-state index is 0.371. The fraction of sp³-hybridized carbons (Fsp3) is 0.625. The molecular formula is C16H23Cl2N3O2. The second-order valence-electron chi connectivity index (χ2n) is 6.22. The third-order valence-electron chi connectivity index (χ3n) is 4.78. The molecule has 1 aromatic rings. The zero-order chi connectivity index (χ0) is 16.2. The Balaban J connectivity index is 1.57. The van der Waals surface area contributed by atoms with Gasteiger partial charge >= 0.3 is 0 Å². The van der Waals surface area contributed by atoms with Gasteiger partial charge in [0.05, 0.1) is 21.4 Å². The van der Waals surface area contributed by atoms with E-state index in [0.717, 1.165) is 57.7 Å². The minimum atomic E-state index is 0.371. The first kappa shape index (κ1) is 17.1. The largest absolute Gasteiger partial charge is 0.381 e. The summed E-state index contributed by atoms with van der Waals surface area (Å²) < 4.78 is 5.44. The monoisotopic (exact) mass is 359 g/mol. The Hall–Kier alpha value is -0.720. The fourth-order valence-electron chi connectivity index (χ4n) is 3.44. The summed E-state index contributed by atoms with van der Waals surface area (Å²) in [5.74, 6) is 0. The van der Waals surface area contributed by atoms with Crippen molar-refractivity contribution in [2.45, 2.75) is 37.8 Å². The van der Waals surface area contributed by atoms with Gasteiger partial charge < -0.3 is 15.0 Å². The van der Waals surface area contributed by atoms with E-state index in [0.29, 0.717) is 27.8 Å². The Morgan fingerprint density at radius 3 is 2.22 bits per heavy atom. The van der Waals surface area contributed by atoms with E-state index in [1.165, 1.54) is 0 Å². The molecule has 5 nitrogen and oxygen atoms in total. The summed E-state index contributed by atoms with van der Waals surface area (Å²) >= 11 is 12.1. The quantitative estimate of drug-likeness (QED) is 0.712. The molecule has 0 saturated carbocycles. The van der Waals surface area contributed by atoms with E-state index in [9.17, 15) is 5.21 Å². The molecule has 0 atom stereocenters. The van der Waals surface area contributed by atoms with Crippen molar-refractivity contribution in [3.8, 4) is 0 Å². The Kier molecular flexibility index (Phi) is 5.88. The lowest BCUT2D eigenvalue weighted by Crippen LogP contribution is -2.46. The fourth-order valence-corrected chi connectivity index (χ4v) is 3.77. The summed E-state index contributed by atoms with van der Waals surface area (Å²) in [5, 5.41) is 13.6. The molecule has 128 valence electrons. The van der Waals surface area contributed by atoms with Gasteiger partial charge in [0.2, 0.25) is 0 Å². The molecule has 2 aliphatic rings. The van der Waals surface area contributed by atoms with Crippen molar-refractivity contribution in [2.75, 3.05) is 37.1 Å². The van der Waals surface area contributed by atoms with E-state index in [1.54, 1.807) is 12.1 Å². The number of nitrogens with one attached hydrogen (secondary N) is 2. The summed E-state index contributed by atoms with van der Waals surface area (Å²) in [5.41, 5.74) is 3.51. The third kappa shape index (κ3) is 4.22. The number of nitrogens with zero attached hydrogens (tertiary/aromatic N) is 1. The molecule has 0 aromatic heterocycles. The van der Waals surface area contributed by atoms with E-state index >= 15 is 0 Å². The predicted molar refractivity (Wildman–Crippen MR) is 93.9 cm³/mol. The standard InChI is InChI=1S/C16H23Cl2N3O2/c17-13-9-15(16(20-22)10-14(13)18)19-11-1-5-21(6-2-11)12-3-7-23-8-4-12/h9-12,19-20,22H,1-8H2. The lowest BCUT2D eigenvalue weighted by Gasteiger charge is -2.39. The smallest absolute Gasteiger partial charge is 0.0849 e. The first-order valence-corrected chi connectivity index (χ1v) is 8.90. The van der Waals surface area contributed by atoms with Crippen LogP contribution in [0.15, 0.2) is 12.1 Å². The Labute approximate surface area is 146 Å². The molecular weight excluding hydrogens is 337 g/mol. The molecule has 0 radical (unpaired) electrons. The zero-order valence-corrected chi connectivity index (χ0v) is 14.5. The van der Waals surface area contributed by atoms with Gasteiger partial charge in [0.15, 0.2) is 0 Å². The number of halogens is 2. The Bertz CT molecular complexity index is 530. The van der Waals surface area contributed by atoms with Gasteiger partial charge in [0.25, 0.3) is 0 Å². The maximum atomic E-state index is 9.26. The van der Waals surface area contributed by atoms with E-state index in [1.807, 2.05) is 0 Å². The van der Waals surface area contributed by atoms with Crippen molar-refractivity contribution in [1.29, 1.82) is 0 Å². The highest BCUT2D eigenvalue weighted by Crippen LogP contribution is 2.33. The number of benzene rings is 1. The second kappa shape index (κ2) is 7.90. The normalized spacial score (nSPS) is 21.3. The van der Waals surface area contributed by atoms with Crippen LogP contribution in [0.5, 0.6) is 0 Å². The van der Waals surface area contributed by atoms with Crippen LogP contribution in [-0.4, -0.2) is 48.5 Å². The lowest BCUT2D eigenvalue weighted by atomic mass is 9.99. The highest BCUT2D eigenvalue weighted by molar-refractivity contribution is 6.42. The van der Waals surface area contributed by atoms with Gasteiger partial charge in [0.1, 0.15) is 0 Å². The second-order valence-corrected chi connectivity index (χ2v) is 7.04. The van der Waals surface area contributed by atoms with E-state index in [-0.39, 0.29) is 0 Å². The summed E-state index contributed by atoms with van der Waals surface area (Å²) in [7, 11) is 0. The molecule has 2 heterocycles. The number of hydrogen-bond donors (Lipinski definition) is 3. The highest BCUT2D eigenvalue weighted by atomic mass is 35.5. The Morgan fingerprint density at radius 1 is 1.00 bits per heavy atom. The summed E-state index contributed by atoms with van der Waals surface area (Å²) in [6.07, 6.45) is 4.43. The van der Waals surface area contributed by atoms with Crippen molar-refractivity contribution >= 4 is 34.6 Å². The van der Waals surface area contributed by atoms with Crippen LogP contribution in [-0.2, 0) is 4.74 Å². The van der Waals surface area contributed by atoms with Crippen LogP contribution in [0, 0.1) is 0 Å².